The fourth-order valence-electron chi connectivity index (χ4n) is 3.58. The highest BCUT2D eigenvalue weighted by molar-refractivity contribution is 7.61. The molecule has 0 aliphatic rings. The Morgan fingerprint density at radius 1 is 1.07 bits per heavy atom. The molecule has 0 saturated heterocycles. The van der Waals surface area contributed by atoms with Gasteiger partial charge in [0, 0.05) is 36.3 Å². The number of amides is 1. The maximum absolute atomic E-state index is 14.6. The molecule has 0 bridgehead atoms. The Bertz CT molecular complexity index is 1660. The first-order valence-electron chi connectivity index (χ1n) is 11.6. The van der Waals surface area contributed by atoms with Crippen LogP contribution in [0.2, 0.25) is 0 Å². The molecule has 1 amide bonds. The van der Waals surface area contributed by atoms with Crippen molar-refractivity contribution in [1.29, 1.82) is 0 Å². The molecule has 2 heterocycles. The van der Waals surface area contributed by atoms with Crippen molar-refractivity contribution in [2.45, 2.75) is 25.9 Å². The quantitative estimate of drug-likeness (QED) is 0.220. The molecule has 0 aliphatic heterocycles. The number of carbonyl (C=O) groups excluding carboxylic acids is 2. The van der Waals surface area contributed by atoms with E-state index in [1.54, 1.807) is 19.1 Å². The van der Waals surface area contributed by atoms with Crippen LogP contribution in [0.1, 0.15) is 40.4 Å². The van der Waals surface area contributed by atoms with E-state index in [0.717, 1.165) is 24.3 Å². The van der Waals surface area contributed by atoms with Crippen LogP contribution in [-0.4, -0.2) is 36.6 Å². The summed E-state index contributed by atoms with van der Waals surface area (Å²) in [7, 11) is -2.97. The molecule has 210 valence electrons. The summed E-state index contributed by atoms with van der Waals surface area (Å²) >= 11 is 0. The Labute approximate surface area is 226 Å². The highest BCUT2D eigenvalue weighted by Gasteiger charge is 2.29. The van der Waals surface area contributed by atoms with E-state index >= 15 is 0 Å². The van der Waals surface area contributed by atoms with Crippen molar-refractivity contribution < 1.29 is 40.0 Å². The summed E-state index contributed by atoms with van der Waals surface area (Å²) in [5, 5.41) is 3.00. The van der Waals surface area contributed by atoms with E-state index in [2.05, 4.69) is 19.6 Å². The number of aromatic nitrogens is 2. The third-order valence-corrected chi connectivity index (χ3v) is 5.76. The predicted molar refractivity (Wildman–Crippen MR) is 135 cm³/mol. The van der Waals surface area contributed by atoms with Crippen molar-refractivity contribution in [2.75, 3.05) is 6.54 Å². The molecule has 14 heteroatoms. The summed E-state index contributed by atoms with van der Waals surface area (Å²) in [6, 6.07) is 9.57. The third-order valence-electron chi connectivity index (χ3n) is 5.42. The smallest absolute Gasteiger partial charge is 0.356 e. The molecule has 0 spiro atoms. The van der Waals surface area contributed by atoms with Gasteiger partial charge in [0.25, 0.3) is 0 Å². The number of benzene rings is 2. The third kappa shape index (κ3) is 7.56. The van der Waals surface area contributed by atoms with E-state index in [-0.39, 0.29) is 17.9 Å². The lowest BCUT2D eigenvalue weighted by Gasteiger charge is -2.06. The van der Waals surface area contributed by atoms with Crippen molar-refractivity contribution in [3.8, 4) is 0 Å². The van der Waals surface area contributed by atoms with E-state index < -0.39 is 50.9 Å². The summed E-state index contributed by atoms with van der Waals surface area (Å²) < 4.78 is 88.7. The first-order valence-corrected chi connectivity index (χ1v) is 12.6. The van der Waals surface area contributed by atoms with Crippen LogP contribution in [0.3, 0.4) is 0 Å². The van der Waals surface area contributed by atoms with Gasteiger partial charge in [-0.25, -0.2) is 13.8 Å². The predicted octanol–water partition coefficient (Wildman–Crippen LogP) is 5.54. The number of halogens is 5. The van der Waals surface area contributed by atoms with Crippen LogP contribution < -0.4 is 5.32 Å². The van der Waals surface area contributed by atoms with E-state index in [9.17, 15) is 40.0 Å². The SMILES string of the molecule is CCNC(=O)CCc1cnc2[nH]cc(C(=O)c3c(F)ccc(N=S(=O)=O)c3F)c2c1.FC(F)(F)c1ccccc1. The first-order chi connectivity index (χ1) is 18.9. The molecule has 4 aromatic rings. The zero-order valence-corrected chi connectivity index (χ0v) is 21.5. The molecule has 2 aromatic heterocycles. The molecule has 0 atom stereocenters. The maximum atomic E-state index is 14.6. The van der Waals surface area contributed by atoms with Gasteiger partial charge in [-0.3, -0.25) is 9.59 Å². The van der Waals surface area contributed by atoms with Crippen LogP contribution in [0.25, 0.3) is 11.0 Å². The van der Waals surface area contributed by atoms with Gasteiger partial charge in [-0.2, -0.15) is 21.6 Å². The lowest BCUT2D eigenvalue weighted by Crippen LogP contribution is -2.22. The Kier molecular flexibility index (Phi) is 9.82. The number of fused-ring (bicyclic) bond motifs is 1. The number of hydrogen-bond donors (Lipinski definition) is 2. The van der Waals surface area contributed by atoms with Crippen molar-refractivity contribution in [3.63, 3.8) is 0 Å². The van der Waals surface area contributed by atoms with Crippen LogP contribution in [0.4, 0.5) is 27.6 Å². The molecule has 0 fully saturated rings. The molecule has 0 radical (unpaired) electrons. The number of pyridine rings is 1. The number of alkyl halides is 3. The Hall–Kier alpha value is -4.46. The van der Waals surface area contributed by atoms with Gasteiger partial charge in [0.2, 0.25) is 11.7 Å². The standard InChI is InChI=1S/C19H16F2N4O4S.C7H5F3/c1-2-22-15(26)6-3-10-7-11-12(9-24-19(11)23-8-10)18(27)16-13(20)4-5-14(17(16)21)25-30(28)29;8-7(9,10)6-4-2-1-3-5-6/h4-5,7-9H,2-3,6H2,1H3,(H,22,26)(H,23,24);1-5H. The van der Waals surface area contributed by atoms with Crippen LogP contribution in [0.15, 0.2) is 65.3 Å². The van der Waals surface area contributed by atoms with Gasteiger partial charge in [-0.15, -0.1) is 4.36 Å². The van der Waals surface area contributed by atoms with Crippen LogP contribution in [0.5, 0.6) is 0 Å². The number of nitrogens with one attached hydrogen (secondary N) is 2. The minimum absolute atomic E-state index is 0.0458. The molecule has 2 aromatic carbocycles. The van der Waals surface area contributed by atoms with Gasteiger partial charge in [-0.1, -0.05) is 30.3 Å². The molecular formula is C26H21F5N4O4S. The van der Waals surface area contributed by atoms with Gasteiger partial charge in [-0.05, 0) is 37.1 Å². The van der Waals surface area contributed by atoms with E-state index in [0.29, 0.717) is 29.6 Å². The van der Waals surface area contributed by atoms with Crippen LogP contribution in [0, 0.1) is 11.6 Å². The van der Waals surface area contributed by atoms with Gasteiger partial charge < -0.3 is 10.3 Å². The molecule has 0 saturated carbocycles. The van der Waals surface area contributed by atoms with Crippen molar-refractivity contribution in [1.82, 2.24) is 15.3 Å². The summed E-state index contributed by atoms with van der Waals surface area (Å²) in [4.78, 5) is 31.5. The van der Waals surface area contributed by atoms with Crippen LogP contribution >= 0.6 is 0 Å². The number of H-pyrrole nitrogens is 1. The first kappa shape index (κ1) is 30.1. The second-order valence-corrected chi connectivity index (χ2v) is 8.77. The average Bonchev–Trinajstić information content (AvgIpc) is 3.33. The number of ketones is 1. The van der Waals surface area contributed by atoms with Crippen molar-refractivity contribution >= 4 is 38.9 Å². The average molecular weight is 581 g/mol. The topological polar surface area (TPSA) is 121 Å². The molecule has 0 aliphatic carbocycles. The monoisotopic (exact) mass is 580 g/mol. The molecule has 4 rings (SSSR count). The lowest BCUT2D eigenvalue weighted by molar-refractivity contribution is -0.137. The largest absolute Gasteiger partial charge is 0.416 e. The molecule has 8 nitrogen and oxygen atoms in total. The number of hydrogen-bond acceptors (Lipinski definition) is 6. The van der Waals surface area contributed by atoms with E-state index in [1.807, 2.05) is 0 Å². The molecule has 40 heavy (non-hydrogen) atoms. The summed E-state index contributed by atoms with van der Waals surface area (Å²) in [5.41, 5.74) is -1.26. The van der Waals surface area contributed by atoms with Gasteiger partial charge >= 0.3 is 16.7 Å². The van der Waals surface area contributed by atoms with Gasteiger partial charge in [0.15, 0.2) is 5.82 Å². The number of carbonyl (C=O) groups is 2. The maximum Gasteiger partial charge on any atom is 0.416 e. The molecule has 2 N–H and O–H groups in total. The number of aryl methyl sites for hydroxylation is 1. The zero-order chi connectivity index (χ0) is 29.4. The van der Waals surface area contributed by atoms with Crippen molar-refractivity contribution in [2.24, 2.45) is 4.36 Å². The second-order valence-electron chi connectivity index (χ2n) is 8.15. The van der Waals surface area contributed by atoms with E-state index in [4.69, 9.17) is 0 Å². The summed E-state index contributed by atoms with van der Waals surface area (Å²) in [5.74, 6) is -3.65. The highest BCUT2D eigenvalue weighted by atomic mass is 32.2. The fraction of sp³-hybridized carbons (Fsp3) is 0.192. The highest BCUT2D eigenvalue weighted by Crippen LogP contribution is 2.29. The molecular weight excluding hydrogens is 559 g/mol. The number of aromatic amines is 1. The molecule has 0 unspecified atom stereocenters. The minimum Gasteiger partial charge on any atom is -0.356 e. The van der Waals surface area contributed by atoms with Gasteiger partial charge in [0.05, 0.1) is 11.1 Å². The Morgan fingerprint density at radius 2 is 1.77 bits per heavy atom. The number of nitrogens with zero attached hydrogens (tertiary/aromatic N) is 2. The Morgan fingerprint density at radius 3 is 2.38 bits per heavy atom. The Balaban J connectivity index is 0.000000371. The fourth-order valence-corrected chi connectivity index (χ4v) is 3.88. The normalized spacial score (nSPS) is 10.9. The second kappa shape index (κ2) is 13.1. The summed E-state index contributed by atoms with van der Waals surface area (Å²) in [6.45, 7) is 2.31. The van der Waals surface area contributed by atoms with Crippen molar-refractivity contribution in [3.05, 3.63) is 94.8 Å². The van der Waals surface area contributed by atoms with Crippen LogP contribution in [-0.2, 0) is 27.9 Å². The number of rotatable bonds is 7. The zero-order valence-electron chi connectivity index (χ0n) is 20.7. The lowest BCUT2D eigenvalue weighted by atomic mass is 10.0. The van der Waals surface area contributed by atoms with E-state index in [1.165, 1.54) is 24.5 Å². The minimum atomic E-state index is -4.21. The van der Waals surface area contributed by atoms with Gasteiger partial charge in [0.1, 0.15) is 17.2 Å². The summed E-state index contributed by atoms with van der Waals surface area (Å²) in [6.07, 6.45) is -0.826.